The van der Waals surface area contributed by atoms with E-state index < -0.39 is 0 Å². The summed E-state index contributed by atoms with van der Waals surface area (Å²) in [4.78, 5) is 9.31. The van der Waals surface area contributed by atoms with E-state index in [2.05, 4.69) is 63.3 Å². The molecule has 0 atom stereocenters. The highest BCUT2D eigenvalue weighted by Gasteiger charge is 2.04. The number of rotatable bonds is 6. The van der Waals surface area contributed by atoms with Crippen molar-refractivity contribution in [1.82, 2.24) is 15.3 Å². The van der Waals surface area contributed by atoms with Gasteiger partial charge in [-0.1, -0.05) is 47.6 Å². The fraction of sp³-hybridized carbons (Fsp3) is 0.333. The highest BCUT2D eigenvalue weighted by molar-refractivity contribution is 9.10. The zero-order chi connectivity index (χ0) is 14.4. The van der Waals surface area contributed by atoms with Crippen LogP contribution in [0.4, 0.5) is 0 Å². The van der Waals surface area contributed by atoms with Gasteiger partial charge < -0.3 is 5.32 Å². The Morgan fingerprint density at radius 3 is 2.80 bits per heavy atom. The second kappa shape index (κ2) is 7.76. The van der Waals surface area contributed by atoms with Crippen molar-refractivity contribution < 1.29 is 0 Å². The maximum Gasteiger partial charge on any atom is 0.116 e. The molecular weight excluding hydrogens is 334 g/mol. The summed E-state index contributed by atoms with van der Waals surface area (Å²) in [7, 11) is 0. The minimum Gasteiger partial charge on any atom is -0.312 e. The predicted molar refractivity (Wildman–Crippen MR) is 86.8 cm³/mol. The first-order valence-electron chi connectivity index (χ1n) is 6.58. The van der Waals surface area contributed by atoms with Gasteiger partial charge >= 0.3 is 0 Å². The number of aromatic nitrogens is 2. The number of hydrogen-bond donors (Lipinski definition) is 1. The summed E-state index contributed by atoms with van der Waals surface area (Å²) < 4.78 is 1.13. The van der Waals surface area contributed by atoms with Gasteiger partial charge in [-0.3, -0.25) is 0 Å². The van der Waals surface area contributed by atoms with Crippen molar-refractivity contribution in [2.75, 3.05) is 6.54 Å². The molecule has 0 unspecified atom stereocenters. The van der Waals surface area contributed by atoms with E-state index in [1.54, 1.807) is 24.3 Å². The molecule has 0 saturated carbocycles. The number of hydrogen-bond acceptors (Lipinski definition) is 4. The molecule has 0 aliphatic carbocycles. The monoisotopic (exact) mass is 351 g/mol. The summed E-state index contributed by atoms with van der Waals surface area (Å²) in [5.74, 6) is 0.668. The molecule has 2 rings (SSSR count). The molecule has 0 aliphatic rings. The van der Waals surface area contributed by atoms with E-state index in [9.17, 15) is 0 Å². The minimum absolute atomic E-state index is 0.668. The van der Waals surface area contributed by atoms with Gasteiger partial charge in [0.1, 0.15) is 11.4 Å². The van der Waals surface area contributed by atoms with Crippen molar-refractivity contribution >= 4 is 27.7 Å². The van der Waals surface area contributed by atoms with E-state index in [1.807, 2.05) is 6.07 Å². The van der Waals surface area contributed by atoms with Gasteiger partial charge in [0.2, 0.25) is 0 Å². The Labute approximate surface area is 132 Å². The summed E-state index contributed by atoms with van der Waals surface area (Å²) in [6, 6.07) is 8.33. The van der Waals surface area contributed by atoms with Crippen LogP contribution in [0.25, 0.3) is 0 Å². The van der Waals surface area contributed by atoms with Gasteiger partial charge in [0.05, 0.1) is 0 Å². The molecule has 0 fully saturated rings. The molecule has 0 aliphatic heterocycles. The average molecular weight is 352 g/mol. The molecule has 1 aromatic carbocycles. The van der Waals surface area contributed by atoms with E-state index in [0.717, 1.165) is 22.6 Å². The van der Waals surface area contributed by atoms with Crippen LogP contribution in [0.5, 0.6) is 0 Å². The van der Waals surface area contributed by atoms with Crippen LogP contribution < -0.4 is 5.32 Å². The van der Waals surface area contributed by atoms with Gasteiger partial charge in [0.15, 0.2) is 0 Å². The molecule has 0 radical (unpaired) electrons. The van der Waals surface area contributed by atoms with Crippen LogP contribution in [0.3, 0.4) is 0 Å². The SMILES string of the molecule is CC(C)CNCc1ccc(Sc2ccncn2)cc1Br. The van der Waals surface area contributed by atoms with Crippen molar-refractivity contribution in [3.05, 3.63) is 46.8 Å². The van der Waals surface area contributed by atoms with Gasteiger partial charge in [-0.25, -0.2) is 9.97 Å². The van der Waals surface area contributed by atoms with Crippen LogP contribution >= 0.6 is 27.7 Å². The summed E-state index contributed by atoms with van der Waals surface area (Å²) in [5.41, 5.74) is 1.28. The Morgan fingerprint density at radius 1 is 1.30 bits per heavy atom. The third kappa shape index (κ3) is 4.89. The molecule has 106 valence electrons. The molecule has 0 saturated heterocycles. The predicted octanol–water partition coefficient (Wildman–Crippen LogP) is 4.14. The van der Waals surface area contributed by atoms with E-state index >= 15 is 0 Å². The Hall–Kier alpha value is -0.910. The maximum absolute atomic E-state index is 4.22. The molecule has 1 aromatic heterocycles. The van der Waals surface area contributed by atoms with Crippen molar-refractivity contribution in [3.8, 4) is 0 Å². The summed E-state index contributed by atoms with van der Waals surface area (Å²) in [6.45, 7) is 6.34. The minimum atomic E-state index is 0.668. The van der Waals surface area contributed by atoms with Gasteiger partial charge in [0, 0.05) is 22.1 Å². The third-order valence-electron chi connectivity index (χ3n) is 2.67. The van der Waals surface area contributed by atoms with Crippen LogP contribution in [-0.4, -0.2) is 16.5 Å². The number of halogens is 1. The van der Waals surface area contributed by atoms with Crippen molar-refractivity contribution in [2.45, 2.75) is 30.3 Å². The largest absolute Gasteiger partial charge is 0.312 e. The first kappa shape index (κ1) is 15.5. The van der Waals surface area contributed by atoms with Crippen LogP contribution in [0.2, 0.25) is 0 Å². The zero-order valence-electron chi connectivity index (χ0n) is 11.6. The second-order valence-corrected chi connectivity index (χ2v) is 6.88. The first-order valence-corrected chi connectivity index (χ1v) is 8.19. The molecule has 20 heavy (non-hydrogen) atoms. The second-order valence-electron chi connectivity index (χ2n) is 4.93. The fourth-order valence-corrected chi connectivity index (χ4v) is 3.14. The summed E-state index contributed by atoms with van der Waals surface area (Å²) in [6.07, 6.45) is 3.33. The molecule has 1 heterocycles. The van der Waals surface area contributed by atoms with Crippen LogP contribution in [0.1, 0.15) is 19.4 Å². The Morgan fingerprint density at radius 2 is 2.15 bits per heavy atom. The van der Waals surface area contributed by atoms with E-state index in [0.29, 0.717) is 5.92 Å². The van der Waals surface area contributed by atoms with Crippen molar-refractivity contribution in [1.29, 1.82) is 0 Å². The topological polar surface area (TPSA) is 37.8 Å². The normalized spacial score (nSPS) is 11.0. The van der Waals surface area contributed by atoms with Crippen LogP contribution in [-0.2, 0) is 6.54 Å². The average Bonchev–Trinajstić information content (AvgIpc) is 2.42. The van der Waals surface area contributed by atoms with Crippen LogP contribution in [0, 0.1) is 5.92 Å². The fourth-order valence-electron chi connectivity index (χ4n) is 1.69. The highest BCUT2D eigenvalue weighted by atomic mass is 79.9. The lowest BCUT2D eigenvalue weighted by atomic mass is 10.2. The lowest BCUT2D eigenvalue weighted by Crippen LogP contribution is -2.19. The molecule has 1 N–H and O–H groups in total. The third-order valence-corrected chi connectivity index (χ3v) is 4.35. The highest BCUT2D eigenvalue weighted by Crippen LogP contribution is 2.29. The quantitative estimate of drug-likeness (QED) is 0.793. The van der Waals surface area contributed by atoms with Gasteiger partial charge in [0.25, 0.3) is 0 Å². The molecule has 0 amide bonds. The Kier molecular flexibility index (Phi) is 6.01. The zero-order valence-corrected chi connectivity index (χ0v) is 14.0. The van der Waals surface area contributed by atoms with E-state index in [1.165, 1.54) is 10.5 Å². The maximum atomic E-state index is 4.22. The van der Waals surface area contributed by atoms with Gasteiger partial charge in [-0.2, -0.15) is 0 Å². The summed E-state index contributed by atoms with van der Waals surface area (Å²) >= 11 is 5.28. The molecule has 5 heteroatoms. The van der Waals surface area contributed by atoms with Crippen LogP contribution in [0.15, 0.2) is 51.2 Å². The lowest BCUT2D eigenvalue weighted by Gasteiger charge is -2.10. The number of nitrogens with zero attached hydrogens (tertiary/aromatic N) is 2. The Bertz CT molecular complexity index is 546. The smallest absolute Gasteiger partial charge is 0.116 e. The van der Waals surface area contributed by atoms with Gasteiger partial charge in [-0.15, -0.1) is 0 Å². The lowest BCUT2D eigenvalue weighted by molar-refractivity contribution is 0.551. The molecule has 2 aromatic rings. The molecule has 0 bridgehead atoms. The first-order chi connectivity index (χ1) is 9.65. The standard InChI is InChI=1S/C15H18BrN3S/c1-11(2)8-18-9-12-3-4-13(7-14(12)16)20-15-5-6-17-10-19-15/h3-7,10-11,18H,8-9H2,1-2H3. The van der Waals surface area contributed by atoms with E-state index in [-0.39, 0.29) is 0 Å². The Balaban J connectivity index is 1.98. The molecular formula is C15H18BrN3S. The number of nitrogens with one attached hydrogen (secondary N) is 1. The molecule has 3 nitrogen and oxygen atoms in total. The van der Waals surface area contributed by atoms with Crippen molar-refractivity contribution in [3.63, 3.8) is 0 Å². The number of benzene rings is 1. The van der Waals surface area contributed by atoms with Gasteiger partial charge in [-0.05, 0) is 36.2 Å². The molecule has 0 spiro atoms. The van der Waals surface area contributed by atoms with E-state index in [4.69, 9.17) is 0 Å². The summed E-state index contributed by atoms with van der Waals surface area (Å²) in [5, 5.41) is 4.41. The van der Waals surface area contributed by atoms with Crippen molar-refractivity contribution in [2.24, 2.45) is 5.92 Å².